The zero-order valence-electron chi connectivity index (χ0n) is 15.8. The summed E-state index contributed by atoms with van der Waals surface area (Å²) in [6.45, 7) is 0.394. The molecule has 3 aromatic rings. The Morgan fingerprint density at radius 1 is 1.04 bits per heavy atom. The number of methoxy groups -OCH3 is 2. The Bertz CT molecular complexity index is 1010. The molecule has 2 N–H and O–H groups in total. The number of ether oxygens (including phenoxy) is 3. The normalized spacial score (nSPS) is 10.5. The quantitative estimate of drug-likeness (QED) is 0.625. The van der Waals surface area contributed by atoms with Gasteiger partial charge in [0, 0.05) is 23.6 Å². The van der Waals surface area contributed by atoms with Crippen molar-refractivity contribution in [3.05, 3.63) is 64.4 Å². The van der Waals surface area contributed by atoms with E-state index in [9.17, 15) is 9.59 Å². The third-order valence-electron chi connectivity index (χ3n) is 4.24. The topological polar surface area (TPSA) is 89.6 Å². The smallest absolute Gasteiger partial charge is 0.253 e. The van der Waals surface area contributed by atoms with Crippen molar-refractivity contribution in [2.24, 2.45) is 0 Å². The molecular weight excluding hydrogens is 360 g/mol. The number of fused-ring (bicyclic) bond motifs is 1. The van der Waals surface area contributed by atoms with Gasteiger partial charge in [0.1, 0.15) is 5.75 Å². The highest BCUT2D eigenvalue weighted by molar-refractivity contribution is 5.83. The molecule has 0 unspecified atom stereocenters. The fourth-order valence-electron chi connectivity index (χ4n) is 2.77. The first-order chi connectivity index (χ1) is 13.6. The van der Waals surface area contributed by atoms with Gasteiger partial charge in [-0.25, -0.2) is 0 Å². The lowest BCUT2D eigenvalue weighted by Crippen LogP contribution is -2.27. The van der Waals surface area contributed by atoms with Gasteiger partial charge < -0.3 is 24.5 Å². The van der Waals surface area contributed by atoms with E-state index in [2.05, 4.69) is 10.3 Å². The van der Waals surface area contributed by atoms with Crippen LogP contribution in [0.25, 0.3) is 10.9 Å². The second-order valence-electron chi connectivity index (χ2n) is 6.11. The monoisotopic (exact) mass is 382 g/mol. The molecule has 0 bridgehead atoms. The number of hydrogen-bond acceptors (Lipinski definition) is 5. The minimum Gasteiger partial charge on any atom is -0.493 e. The van der Waals surface area contributed by atoms with Crippen LogP contribution in [-0.4, -0.2) is 31.7 Å². The van der Waals surface area contributed by atoms with Crippen LogP contribution < -0.4 is 25.1 Å². The van der Waals surface area contributed by atoms with Crippen molar-refractivity contribution in [3.63, 3.8) is 0 Å². The van der Waals surface area contributed by atoms with Gasteiger partial charge in [-0.1, -0.05) is 18.2 Å². The van der Waals surface area contributed by atoms with Crippen LogP contribution in [0.1, 0.15) is 12.0 Å². The minimum atomic E-state index is -0.263. The Kier molecular flexibility index (Phi) is 6.16. The lowest BCUT2D eigenvalue weighted by molar-refractivity contribution is -0.121. The molecular formula is C21H22N2O5. The molecule has 7 nitrogen and oxygen atoms in total. The number of pyridine rings is 1. The van der Waals surface area contributed by atoms with Gasteiger partial charge in [-0.15, -0.1) is 0 Å². The van der Waals surface area contributed by atoms with Crippen molar-refractivity contribution in [2.45, 2.75) is 13.0 Å². The maximum atomic E-state index is 12.3. The molecule has 28 heavy (non-hydrogen) atoms. The van der Waals surface area contributed by atoms with Crippen molar-refractivity contribution in [2.75, 3.05) is 20.8 Å². The van der Waals surface area contributed by atoms with Gasteiger partial charge >= 0.3 is 0 Å². The Morgan fingerprint density at radius 3 is 2.46 bits per heavy atom. The largest absolute Gasteiger partial charge is 0.493 e. The van der Waals surface area contributed by atoms with Crippen LogP contribution in [0.5, 0.6) is 17.2 Å². The predicted molar refractivity (Wildman–Crippen MR) is 106 cm³/mol. The van der Waals surface area contributed by atoms with Crippen LogP contribution >= 0.6 is 0 Å². The average molecular weight is 382 g/mol. The molecule has 0 saturated heterocycles. The first-order valence-corrected chi connectivity index (χ1v) is 8.83. The van der Waals surface area contributed by atoms with Crippen LogP contribution in [0, 0.1) is 0 Å². The van der Waals surface area contributed by atoms with E-state index in [1.165, 1.54) is 7.11 Å². The lowest BCUT2D eigenvalue weighted by Gasteiger charge is -2.10. The van der Waals surface area contributed by atoms with Gasteiger partial charge in [0.2, 0.25) is 5.91 Å². The summed E-state index contributed by atoms with van der Waals surface area (Å²) in [6.07, 6.45) is 0.200. The highest BCUT2D eigenvalue weighted by Gasteiger charge is 2.10. The van der Waals surface area contributed by atoms with Crippen LogP contribution in [0.3, 0.4) is 0 Å². The van der Waals surface area contributed by atoms with Crippen molar-refractivity contribution in [3.8, 4) is 17.2 Å². The molecule has 0 aliphatic rings. The maximum absolute atomic E-state index is 12.3. The van der Waals surface area contributed by atoms with Gasteiger partial charge in [0.15, 0.2) is 11.5 Å². The van der Waals surface area contributed by atoms with Crippen LogP contribution in [0.2, 0.25) is 0 Å². The summed E-state index contributed by atoms with van der Waals surface area (Å²) >= 11 is 0. The van der Waals surface area contributed by atoms with Crippen LogP contribution in [0.15, 0.2) is 53.3 Å². The van der Waals surface area contributed by atoms with E-state index in [1.807, 2.05) is 30.3 Å². The number of rotatable bonds is 8. The molecule has 0 saturated carbocycles. The Hall–Kier alpha value is -3.48. The highest BCUT2D eigenvalue weighted by Crippen LogP contribution is 2.30. The highest BCUT2D eigenvalue weighted by atomic mass is 16.5. The summed E-state index contributed by atoms with van der Waals surface area (Å²) < 4.78 is 16.0. The minimum absolute atomic E-state index is 0.129. The lowest BCUT2D eigenvalue weighted by atomic mass is 10.1. The summed E-state index contributed by atoms with van der Waals surface area (Å²) in [5, 5.41) is 3.53. The number of aromatic nitrogens is 1. The van der Waals surface area contributed by atoms with E-state index < -0.39 is 0 Å². The van der Waals surface area contributed by atoms with Gasteiger partial charge in [-0.2, -0.15) is 0 Å². The van der Waals surface area contributed by atoms with Crippen molar-refractivity contribution < 1.29 is 19.0 Å². The predicted octanol–water partition coefficient (Wildman–Crippen LogP) is 2.63. The molecule has 7 heteroatoms. The van der Waals surface area contributed by atoms with Gasteiger partial charge in [0.25, 0.3) is 5.56 Å². The molecule has 0 spiro atoms. The number of carbonyl (C=O) groups is 1. The van der Waals surface area contributed by atoms with E-state index in [0.29, 0.717) is 28.3 Å². The van der Waals surface area contributed by atoms with E-state index in [0.717, 1.165) is 5.39 Å². The van der Waals surface area contributed by atoms with Gasteiger partial charge in [-0.05, 0) is 24.3 Å². The number of benzene rings is 2. The first kappa shape index (κ1) is 19.3. The Labute approximate surface area is 162 Å². The summed E-state index contributed by atoms with van der Waals surface area (Å²) in [5.41, 5.74) is 0.826. The SMILES string of the molecule is COc1cc2cc(CNC(=O)CCOc3ccccc3)c(=O)[nH]c2cc1OC. The molecule has 0 aliphatic heterocycles. The fraction of sp³-hybridized carbons (Fsp3) is 0.238. The number of aromatic amines is 1. The van der Waals surface area contributed by atoms with E-state index in [1.54, 1.807) is 25.3 Å². The number of carbonyl (C=O) groups excluding carboxylic acids is 1. The molecule has 0 atom stereocenters. The summed E-state index contributed by atoms with van der Waals surface area (Å²) in [5.74, 6) is 1.62. The molecule has 146 valence electrons. The Balaban J connectivity index is 1.62. The molecule has 0 aliphatic carbocycles. The Morgan fingerprint density at radius 2 is 1.75 bits per heavy atom. The molecule has 3 rings (SSSR count). The number of H-pyrrole nitrogens is 1. The number of para-hydroxylation sites is 1. The zero-order valence-corrected chi connectivity index (χ0v) is 15.8. The van der Waals surface area contributed by atoms with Crippen LogP contribution in [-0.2, 0) is 11.3 Å². The van der Waals surface area contributed by atoms with E-state index in [-0.39, 0.29) is 31.0 Å². The average Bonchev–Trinajstić information content (AvgIpc) is 2.72. The zero-order chi connectivity index (χ0) is 19.9. The molecule has 0 radical (unpaired) electrons. The van der Waals surface area contributed by atoms with Crippen LogP contribution in [0.4, 0.5) is 0 Å². The third-order valence-corrected chi connectivity index (χ3v) is 4.24. The van der Waals surface area contributed by atoms with E-state index in [4.69, 9.17) is 14.2 Å². The second-order valence-corrected chi connectivity index (χ2v) is 6.11. The van der Waals surface area contributed by atoms with Crippen molar-refractivity contribution >= 4 is 16.8 Å². The molecule has 1 heterocycles. The summed E-state index contributed by atoms with van der Waals surface area (Å²) in [7, 11) is 3.08. The molecule has 1 aromatic heterocycles. The maximum Gasteiger partial charge on any atom is 0.253 e. The first-order valence-electron chi connectivity index (χ1n) is 8.83. The fourth-order valence-corrected chi connectivity index (χ4v) is 2.77. The number of nitrogens with one attached hydrogen (secondary N) is 2. The van der Waals surface area contributed by atoms with Crippen molar-refractivity contribution in [1.82, 2.24) is 10.3 Å². The number of amides is 1. The van der Waals surface area contributed by atoms with Gasteiger partial charge in [-0.3, -0.25) is 9.59 Å². The summed E-state index contributed by atoms with van der Waals surface area (Å²) in [4.78, 5) is 27.1. The number of hydrogen-bond donors (Lipinski definition) is 2. The van der Waals surface area contributed by atoms with E-state index >= 15 is 0 Å². The molecule has 2 aromatic carbocycles. The van der Waals surface area contributed by atoms with Crippen molar-refractivity contribution in [1.29, 1.82) is 0 Å². The summed E-state index contributed by atoms with van der Waals surface area (Å²) in [6, 6.07) is 14.5. The standard InChI is InChI=1S/C21H22N2O5/c1-26-18-11-14-10-15(21(25)23-17(14)12-19(18)27-2)13-22-20(24)8-9-28-16-6-4-3-5-7-16/h3-7,10-12H,8-9,13H2,1-2H3,(H,22,24)(H,23,25). The van der Waals surface area contributed by atoms with Gasteiger partial charge in [0.05, 0.1) is 32.8 Å². The third kappa shape index (κ3) is 4.62. The molecule has 0 fully saturated rings. The second kappa shape index (κ2) is 8.94. The molecule has 1 amide bonds.